The first kappa shape index (κ1) is 18.1. The first-order valence-corrected chi connectivity index (χ1v) is 11.5. The summed E-state index contributed by atoms with van der Waals surface area (Å²) >= 11 is 1.90. The molecule has 2 aliphatic rings. The molecule has 0 bridgehead atoms. The van der Waals surface area contributed by atoms with E-state index < -0.39 is 0 Å². The van der Waals surface area contributed by atoms with Crippen LogP contribution in [0.3, 0.4) is 0 Å². The maximum absolute atomic E-state index is 4.84. The molecule has 1 saturated heterocycles. The lowest BCUT2D eigenvalue weighted by molar-refractivity contribution is -0.918. The van der Waals surface area contributed by atoms with E-state index >= 15 is 0 Å². The summed E-state index contributed by atoms with van der Waals surface area (Å²) in [5.74, 6) is 1.99. The maximum atomic E-state index is 4.84. The number of benzene rings is 1. The number of likely N-dealkylation sites (tertiary alicyclic amines) is 1. The highest BCUT2D eigenvalue weighted by molar-refractivity contribution is 7.19. The molecule has 2 N–H and O–H groups in total. The van der Waals surface area contributed by atoms with E-state index in [1.54, 1.807) is 9.78 Å². The second-order valence-electron chi connectivity index (χ2n) is 8.34. The van der Waals surface area contributed by atoms with E-state index in [0.717, 1.165) is 18.2 Å². The number of nitrogens with zero attached hydrogens (tertiary/aromatic N) is 2. The van der Waals surface area contributed by atoms with Gasteiger partial charge in [0.1, 0.15) is 23.0 Å². The molecule has 0 saturated carbocycles. The van der Waals surface area contributed by atoms with E-state index in [4.69, 9.17) is 9.97 Å². The number of hydrogen-bond acceptors (Lipinski definition) is 4. The summed E-state index contributed by atoms with van der Waals surface area (Å²) < 4.78 is 0. The fourth-order valence-corrected chi connectivity index (χ4v) is 6.10. The summed E-state index contributed by atoms with van der Waals surface area (Å²) in [6.07, 6.45) is 7.44. The van der Waals surface area contributed by atoms with Crippen LogP contribution >= 0.6 is 11.3 Å². The summed E-state index contributed by atoms with van der Waals surface area (Å²) in [4.78, 5) is 14.0. The molecule has 5 heteroatoms. The van der Waals surface area contributed by atoms with Gasteiger partial charge >= 0.3 is 0 Å². The minimum Gasteiger partial charge on any atom is -0.366 e. The average Bonchev–Trinajstić information content (AvgIpc) is 3.08. The van der Waals surface area contributed by atoms with Crippen molar-refractivity contribution in [3.8, 4) is 0 Å². The molecule has 0 radical (unpaired) electrons. The largest absolute Gasteiger partial charge is 0.366 e. The molecule has 0 spiro atoms. The molecule has 28 heavy (non-hydrogen) atoms. The van der Waals surface area contributed by atoms with Gasteiger partial charge in [-0.25, -0.2) is 9.97 Å². The van der Waals surface area contributed by atoms with Gasteiger partial charge in [-0.1, -0.05) is 30.3 Å². The van der Waals surface area contributed by atoms with Gasteiger partial charge in [-0.3, -0.25) is 0 Å². The van der Waals surface area contributed by atoms with Crippen molar-refractivity contribution < 1.29 is 4.90 Å². The van der Waals surface area contributed by atoms with E-state index in [2.05, 4.69) is 35.6 Å². The minimum atomic E-state index is 0.524. The smallest absolute Gasteiger partial charge is 0.139 e. The number of hydrogen-bond donors (Lipinski definition) is 2. The van der Waals surface area contributed by atoms with E-state index in [1.165, 1.54) is 73.0 Å². The SMILES string of the molecule is Cc1nc(NC2CC[NH+](Cc3ccccc3)CC2)c2c3c(sc2n1)CCCC3. The van der Waals surface area contributed by atoms with Gasteiger partial charge in [-0.15, -0.1) is 11.3 Å². The van der Waals surface area contributed by atoms with E-state index in [1.807, 2.05) is 18.3 Å². The van der Waals surface area contributed by atoms with Crippen LogP contribution in [0.4, 0.5) is 5.82 Å². The molecule has 0 atom stereocenters. The van der Waals surface area contributed by atoms with Gasteiger partial charge in [0.15, 0.2) is 0 Å². The van der Waals surface area contributed by atoms with Crippen LogP contribution in [0.25, 0.3) is 10.2 Å². The number of aromatic nitrogens is 2. The Morgan fingerprint density at radius 1 is 1.07 bits per heavy atom. The van der Waals surface area contributed by atoms with Crippen LogP contribution < -0.4 is 10.2 Å². The van der Waals surface area contributed by atoms with Crippen molar-refractivity contribution in [2.75, 3.05) is 18.4 Å². The third-order valence-corrected chi connectivity index (χ3v) is 7.44. The number of nitrogens with one attached hydrogen (secondary N) is 2. The van der Waals surface area contributed by atoms with Crippen molar-refractivity contribution in [2.24, 2.45) is 0 Å². The van der Waals surface area contributed by atoms with Gasteiger partial charge in [-0.05, 0) is 38.2 Å². The molecule has 1 fully saturated rings. The lowest BCUT2D eigenvalue weighted by Crippen LogP contribution is -3.12. The Hall–Kier alpha value is -1.98. The number of rotatable bonds is 4. The van der Waals surface area contributed by atoms with Crippen molar-refractivity contribution in [1.82, 2.24) is 9.97 Å². The van der Waals surface area contributed by atoms with Crippen molar-refractivity contribution in [1.29, 1.82) is 0 Å². The molecule has 1 aliphatic carbocycles. The zero-order valence-corrected chi connectivity index (χ0v) is 17.4. The predicted molar refractivity (Wildman–Crippen MR) is 116 cm³/mol. The van der Waals surface area contributed by atoms with Crippen LogP contribution in [-0.4, -0.2) is 29.1 Å². The molecular formula is C23H29N4S+. The van der Waals surface area contributed by atoms with Crippen LogP contribution in [0.2, 0.25) is 0 Å². The molecule has 1 aromatic carbocycles. The predicted octanol–water partition coefficient (Wildman–Crippen LogP) is 3.54. The molecule has 1 aliphatic heterocycles. The second-order valence-corrected chi connectivity index (χ2v) is 9.43. The molecule has 3 heterocycles. The van der Waals surface area contributed by atoms with Crippen LogP contribution in [0, 0.1) is 6.92 Å². The van der Waals surface area contributed by atoms with Gasteiger partial charge < -0.3 is 10.2 Å². The highest BCUT2D eigenvalue weighted by Crippen LogP contribution is 2.38. The zero-order chi connectivity index (χ0) is 18.9. The molecule has 0 unspecified atom stereocenters. The quantitative estimate of drug-likeness (QED) is 0.712. The average molecular weight is 394 g/mol. The topological polar surface area (TPSA) is 42.2 Å². The molecule has 3 aromatic rings. The maximum Gasteiger partial charge on any atom is 0.139 e. The highest BCUT2D eigenvalue weighted by Gasteiger charge is 2.25. The number of piperidine rings is 1. The Balaban J connectivity index is 1.30. The Kier molecular flexibility index (Phi) is 5.03. The first-order chi connectivity index (χ1) is 13.8. The number of anilines is 1. The molecule has 0 amide bonds. The van der Waals surface area contributed by atoms with E-state index in [9.17, 15) is 0 Å². The molecule has 5 rings (SSSR count). The summed E-state index contributed by atoms with van der Waals surface area (Å²) in [6, 6.07) is 11.4. The Bertz CT molecular complexity index is 958. The van der Waals surface area contributed by atoms with Crippen molar-refractivity contribution in [2.45, 2.75) is 58.0 Å². The minimum absolute atomic E-state index is 0.524. The van der Waals surface area contributed by atoms with Crippen molar-refractivity contribution in [3.63, 3.8) is 0 Å². The first-order valence-electron chi connectivity index (χ1n) is 10.7. The molecular weight excluding hydrogens is 364 g/mol. The Labute approximate surface area is 171 Å². The number of aryl methyl sites for hydroxylation is 3. The molecule has 2 aromatic heterocycles. The molecule has 146 valence electrons. The normalized spacial score (nSPS) is 22.2. The van der Waals surface area contributed by atoms with Crippen LogP contribution in [0.5, 0.6) is 0 Å². The van der Waals surface area contributed by atoms with Crippen molar-refractivity contribution >= 4 is 27.4 Å². The zero-order valence-electron chi connectivity index (χ0n) is 16.6. The lowest BCUT2D eigenvalue weighted by atomic mass is 9.96. The number of quaternary nitrogens is 1. The third kappa shape index (κ3) is 3.65. The Morgan fingerprint density at radius 2 is 1.86 bits per heavy atom. The van der Waals surface area contributed by atoms with Gasteiger partial charge in [0.2, 0.25) is 0 Å². The third-order valence-electron chi connectivity index (χ3n) is 6.26. The standard InChI is InChI=1S/C23H28N4S/c1-16-24-22(21-19-9-5-6-10-20(19)28-23(21)25-16)26-18-11-13-27(14-12-18)15-17-7-3-2-4-8-17/h2-4,7-8,18H,5-6,9-15H2,1H3,(H,24,25,26)/p+1. The lowest BCUT2D eigenvalue weighted by Gasteiger charge is -2.30. The monoisotopic (exact) mass is 393 g/mol. The molecule has 4 nitrogen and oxygen atoms in total. The van der Waals surface area contributed by atoms with E-state index in [0.29, 0.717) is 6.04 Å². The Morgan fingerprint density at radius 3 is 2.68 bits per heavy atom. The van der Waals surface area contributed by atoms with E-state index in [-0.39, 0.29) is 0 Å². The van der Waals surface area contributed by atoms with Crippen molar-refractivity contribution in [3.05, 3.63) is 52.2 Å². The van der Waals surface area contributed by atoms with Crippen LogP contribution in [0.1, 0.15) is 47.5 Å². The number of thiophene rings is 1. The van der Waals surface area contributed by atoms with Gasteiger partial charge in [0.25, 0.3) is 0 Å². The fourth-order valence-electron chi connectivity index (χ4n) is 4.79. The van der Waals surface area contributed by atoms with Crippen LogP contribution in [-0.2, 0) is 19.4 Å². The second kappa shape index (κ2) is 7.80. The highest BCUT2D eigenvalue weighted by atomic mass is 32.1. The van der Waals surface area contributed by atoms with Gasteiger partial charge in [-0.2, -0.15) is 0 Å². The van der Waals surface area contributed by atoms with Gasteiger partial charge in [0.05, 0.1) is 18.5 Å². The summed E-state index contributed by atoms with van der Waals surface area (Å²) in [5, 5.41) is 5.15. The summed E-state index contributed by atoms with van der Waals surface area (Å²) in [6.45, 7) is 5.61. The summed E-state index contributed by atoms with van der Waals surface area (Å²) in [5.41, 5.74) is 2.97. The summed E-state index contributed by atoms with van der Waals surface area (Å²) in [7, 11) is 0. The van der Waals surface area contributed by atoms with Crippen LogP contribution in [0.15, 0.2) is 30.3 Å². The number of fused-ring (bicyclic) bond motifs is 3. The fraction of sp³-hybridized carbons (Fsp3) is 0.478. The van der Waals surface area contributed by atoms with Gasteiger partial charge in [0, 0.05) is 29.3 Å².